The predicted octanol–water partition coefficient (Wildman–Crippen LogP) is 4.06. The van der Waals surface area contributed by atoms with Crippen LogP contribution in [0.4, 0.5) is 0 Å². The van der Waals surface area contributed by atoms with Crippen molar-refractivity contribution in [3.8, 4) is 0 Å². The van der Waals surface area contributed by atoms with Crippen LogP contribution in [0.15, 0.2) is 30.3 Å². The first-order chi connectivity index (χ1) is 8.49. The maximum atomic E-state index is 10.5. The number of hydrogen-bond donors (Lipinski definition) is 1. The molecule has 0 saturated carbocycles. The molecule has 3 heteroatoms. The molecule has 0 aliphatic heterocycles. The van der Waals surface area contributed by atoms with Crippen molar-refractivity contribution >= 4 is 23.8 Å². The van der Waals surface area contributed by atoms with Crippen LogP contribution in [0.1, 0.15) is 31.9 Å². The minimum absolute atomic E-state index is 0.628. The molecule has 1 rings (SSSR count). The SMILES string of the molecule is CC(C)C(C)SCc1cccc(/C=C/C(=O)O)c1. The van der Waals surface area contributed by atoms with Crippen molar-refractivity contribution in [3.63, 3.8) is 0 Å². The lowest BCUT2D eigenvalue weighted by molar-refractivity contribution is -0.131. The van der Waals surface area contributed by atoms with E-state index in [0.717, 1.165) is 11.3 Å². The van der Waals surface area contributed by atoms with Crippen molar-refractivity contribution in [2.24, 2.45) is 5.92 Å². The van der Waals surface area contributed by atoms with E-state index in [2.05, 4.69) is 26.8 Å². The highest BCUT2D eigenvalue weighted by molar-refractivity contribution is 7.99. The van der Waals surface area contributed by atoms with Crippen molar-refractivity contribution in [2.75, 3.05) is 0 Å². The van der Waals surface area contributed by atoms with Gasteiger partial charge < -0.3 is 5.11 Å². The number of carboxylic acids is 1. The monoisotopic (exact) mass is 264 g/mol. The van der Waals surface area contributed by atoms with Gasteiger partial charge in [0.1, 0.15) is 0 Å². The zero-order valence-corrected chi connectivity index (χ0v) is 11.9. The number of benzene rings is 1. The summed E-state index contributed by atoms with van der Waals surface area (Å²) in [7, 11) is 0. The molecular weight excluding hydrogens is 244 g/mol. The molecule has 1 aromatic carbocycles. The quantitative estimate of drug-likeness (QED) is 0.787. The molecule has 0 fully saturated rings. The summed E-state index contributed by atoms with van der Waals surface area (Å²) in [6.45, 7) is 6.69. The second-order valence-corrected chi connectivity index (χ2v) is 6.04. The molecule has 0 radical (unpaired) electrons. The van der Waals surface area contributed by atoms with E-state index in [1.807, 2.05) is 30.0 Å². The second kappa shape index (κ2) is 7.27. The first kappa shape index (κ1) is 14.8. The smallest absolute Gasteiger partial charge is 0.328 e. The summed E-state index contributed by atoms with van der Waals surface area (Å²) in [4.78, 5) is 10.5. The summed E-state index contributed by atoms with van der Waals surface area (Å²) < 4.78 is 0. The fraction of sp³-hybridized carbons (Fsp3) is 0.400. The number of aliphatic carboxylic acids is 1. The van der Waals surface area contributed by atoms with Gasteiger partial charge in [0.2, 0.25) is 0 Å². The first-order valence-electron chi connectivity index (χ1n) is 6.10. The minimum atomic E-state index is -0.914. The Morgan fingerprint density at radius 2 is 2.11 bits per heavy atom. The van der Waals surface area contributed by atoms with E-state index in [1.165, 1.54) is 11.6 Å². The van der Waals surface area contributed by atoms with Crippen LogP contribution in [0, 0.1) is 5.92 Å². The largest absolute Gasteiger partial charge is 0.478 e. The molecule has 1 aromatic rings. The van der Waals surface area contributed by atoms with Crippen molar-refractivity contribution < 1.29 is 9.90 Å². The minimum Gasteiger partial charge on any atom is -0.478 e. The number of rotatable bonds is 6. The van der Waals surface area contributed by atoms with Gasteiger partial charge in [-0.3, -0.25) is 0 Å². The third-order valence-corrected chi connectivity index (χ3v) is 4.39. The standard InChI is InChI=1S/C15H20O2S/c1-11(2)12(3)18-10-14-6-4-5-13(9-14)7-8-15(16)17/h4-9,11-12H,10H2,1-3H3,(H,16,17)/b8-7+. The summed E-state index contributed by atoms with van der Waals surface area (Å²) in [6, 6.07) is 8.01. The van der Waals surface area contributed by atoms with Gasteiger partial charge in [0.25, 0.3) is 0 Å². The highest BCUT2D eigenvalue weighted by Crippen LogP contribution is 2.23. The second-order valence-electron chi connectivity index (χ2n) is 4.68. The first-order valence-corrected chi connectivity index (χ1v) is 7.15. The average Bonchev–Trinajstić information content (AvgIpc) is 2.33. The maximum absolute atomic E-state index is 10.5. The predicted molar refractivity (Wildman–Crippen MR) is 78.7 cm³/mol. The van der Waals surface area contributed by atoms with Gasteiger partial charge in [0.05, 0.1) is 0 Å². The zero-order chi connectivity index (χ0) is 13.5. The Balaban J connectivity index is 2.62. The van der Waals surface area contributed by atoms with Crippen LogP contribution in [0.3, 0.4) is 0 Å². The van der Waals surface area contributed by atoms with Crippen LogP contribution in [0.2, 0.25) is 0 Å². The van der Waals surface area contributed by atoms with E-state index in [-0.39, 0.29) is 0 Å². The van der Waals surface area contributed by atoms with Gasteiger partial charge in [-0.15, -0.1) is 0 Å². The molecule has 0 aliphatic rings. The molecular formula is C15H20O2S. The molecule has 0 spiro atoms. The highest BCUT2D eigenvalue weighted by Gasteiger charge is 2.07. The molecule has 0 bridgehead atoms. The fourth-order valence-corrected chi connectivity index (χ4v) is 2.39. The van der Waals surface area contributed by atoms with Crippen molar-refractivity contribution in [1.29, 1.82) is 0 Å². The third kappa shape index (κ3) is 5.41. The number of carboxylic acid groups (broad SMARTS) is 1. The van der Waals surface area contributed by atoms with Crippen LogP contribution in [-0.2, 0) is 10.5 Å². The summed E-state index contributed by atoms with van der Waals surface area (Å²) in [5.74, 6) is 0.724. The molecule has 0 amide bonds. The molecule has 0 aromatic heterocycles. The Kier molecular flexibility index (Phi) is 5.99. The molecule has 2 nitrogen and oxygen atoms in total. The Bertz CT molecular complexity index is 424. The van der Waals surface area contributed by atoms with E-state index >= 15 is 0 Å². The van der Waals surface area contributed by atoms with Gasteiger partial charge in [-0.1, -0.05) is 45.0 Å². The van der Waals surface area contributed by atoms with Crippen LogP contribution < -0.4 is 0 Å². The Labute approximate surface area is 113 Å². The van der Waals surface area contributed by atoms with E-state index in [4.69, 9.17) is 5.11 Å². The molecule has 1 unspecified atom stereocenters. The van der Waals surface area contributed by atoms with Crippen LogP contribution in [0.5, 0.6) is 0 Å². The maximum Gasteiger partial charge on any atom is 0.328 e. The van der Waals surface area contributed by atoms with E-state index < -0.39 is 5.97 Å². The topological polar surface area (TPSA) is 37.3 Å². The summed E-state index contributed by atoms with van der Waals surface area (Å²) in [5, 5.41) is 9.22. The van der Waals surface area contributed by atoms with Gasteiger partial charge >= 0.3 is 5.97 Å². The molecule has 0 aliphatic carbocycles. The Hall–Kier alpha value is -1.22. The molecule has 1 atom stereocenters. The van der Waals surface area contributed by atoms with Crippen molar-refractivity contribution in [3.05, 3.63) is 41.5 Å². The molecule has 18 heavy (non-hydrogen) atoms. The molecule has 98 valence electrons. The highest BCUT2D eigenvalue weighted by atomic mass is 32.2. The average molecular weight is 264 g/mol. The fourth-order valence-electron chi connectivity index (χ4n) is 1.37. The lowest BCUT2D eigenvalue weighted by Crippen LogP contribution is -2.05. The van der Waals surface area contributed by atoms with Crippen LogP contribution >= 0.6 is 11.8 Å². The molecule has 1 N–H and O–H groups in total. The number of thioether (sulfide) groups is 1. The molecule has 0 saturated heterocycles. The lowest BCUT2D eigenvalue weighted by atomic mass is 10.1. The Morgan fingerprint density at radius 1 is 1.39 bits per heavy atom. The Morgan fingerprint density at radius 3 is 2.72 bits per heavy atom. The summed E-state index contributed by atoms with van der Waals surface area (Å²) in [6.07, 6.45) is 2.80. The van der Waals surface area contributed by atoms with E-state index in [1.54, 1.807) is 6.08 Å². The number of carbonyl (C=O) groups is 1. The van der Waals surface area contributed by atoms with E-state index in [9.17, 15) is 4.79 Å². The van der Waals surface area contributed by atoms with Gasteiger partial charge in [-0.05, 0) is 23.1 Å². The number of hydrogen-bond acceptors (Lipinski definition) is 2. The van der Waals surface area contributed by atoms with E-state index in [0.29, 0.717) is 11.2 Å². The van der Waals surface area contributed by atoms with Crippen molar-refractivity contribution in [2.45, 2.75) is 31.8 Å². The lowest BCUT2D eigenvalue weighted by Gasteiger charge is -2.14. The van der Waals surface area contributed by atoms with Crippen LogP contribution in [-0.4, -0.2) is 16.3 Å². The normalized spacial score (nSPS) is 13.1. The van der Waals surface area contributed by atoms with Gasteiger partial charge in [-0.2, -0.15) is 11.8 Å². The summed E-state index contributed by atoms with van der Waals surface area (Å²) in [5.41, 5.74) is 2.17. The van der Waals surface area contributed by atoms with Gasteiger partial charge in [-0.25, -0.2) is 4.79 Å². The third-order valence-electron chi connectivity index (χ3n) is 2.82. The molecule has 0 heterocycles. The van der Waals surface area contributed by atoms with Crippen LogP contribution in [0.25, 0.3) is 6.08 Å². The summed E-state index contributed by atoms with van der Waals surface area (Å²) >= 11 is 1.93. The van der Waals surface area contributed by atoms with Gasteiger partial charge in [0, 0.05) is 17.1 Å². The van der Waals surface area contributed by atoms with Crippen molar-refractivity contribution in [1.82, 2.24) is 0 Å². The zero-order valence-electron chi connectivity index (χ0n) is 11.1. The van der Waals surface area contributed by atoms with Gasteiger partial charge in [0.15, 0.2) is 0 Å².